The summed E-state index contributed by atoms with van der Waals surface area (Å²) in [6.07, 6.45) is 3.42. The number of benzene rings is 2. The standard InChI is InChI=1S/C17H13FN2O/c1-12(21)16-8-7-14(18)9-17(16)13-10-19-20(11-13)15-5-3-2-4-6-15/h2-11H,1H3. The molecule has 0 amide bonds. The average Bonchev–Trinajstić information content (AvgIpc) is 2.97. The first-order valence-corrected chi connectivity index (χ1v) is 6.56. The van der Waals surface area contributed by atoms with E-state index in [1.54, 1.807) is 17.1 Å². The minimum atomic E-state index is -0.373. The molecule has 21 heavy (non-hydrogen) atoms. The number of hydrogen-bond donors (Lipinski definition) is 0. The van der Waals surface area contributed by atoms with Crippen molar-refractivity contribution in [2.45, 2.75) is 6.92 Å². The van der Waals surface area contributed by atoms with Gasteiger partial charge in [0.1, 0.15) is 5.82 Å². The monoisotopic (exact) mass is 280 g/mol. The van der Waals surface area contributed by atoms with Gasteiger partial charge in [0.05, 0.1) is 11.9 Å². The largest absolute Gasteiger partial charge is 0.294 e. The summed E-state index contributed by atoms with van der Waals surface area (Å²) < 4.78 is 15.2. The third-order valence-corrected chi connectivity index (χ3v) is 3.28. The van der Waals surface area contributed by atoms with E-state index in [-0.39, 0.29) is 11.6 Å². The summed E-state index contributed by atoms with van der Waals surface area (Å²) in [6.45, 7) is 1.47. The Hall–Kier alpha value is -2.75. The number of Topliss-reactive ketones (excluding diaryl/α,β-unsaturated/α-hetero) is 1. The van der Waals surface area contributed by atoms with Crippen LogP contribution in [0.3, 0.4) is 0 Å². The van der Waals surface area contributed by atoms with Crippen LogP contribution < -0.4 is 0 Å². The van der Waals surface area contributed by atoms with Crippen LogP contribution in [0.2, 0.25) is 0 Å². The van der Waals surface area contributed by atoms with Gasteiger partial charge in [-0.2, -0.15) is 5.10 Å². The highest BCUT2D eigenvalue weighted by Crippen LogP contribution is 2.25. The zero-order valence-electron chi connectivity index (χ0n) is 11.5. The van der Waals surface area contributed by atoms with Crippen LogP contribution in [0.1, 0.15) is 17.3 Å². The minimum absolute atomic E-state index is 0.0996. The predicted octanol–water partition coefficient (Wildman–Crippen LogP) is 3.88. The molecule has 1 heterocycles. The quantitative estimate of drug-likeness (QED) is 0.682. The fourth-order valence-corrected chi connectivity index (χ4v) is 2.25. The smallest absolute Gasteiger partial charge is 0.160 e. The number of hydrogen-bond acceptors (Lipinski definition) is 2. The highest BCUT2D eigenvalue weighted by molar-refractivity contribution is 6.00. The number of nitrogens with zero attached hydrogens (tertiary/aromatic N) is 2. The molecule has 0 atom stereocenters. The van der Waals surface area contributed by atoms with Crippen molar-refractivity contribution in [2.24, 2.45) is 0 Å². The molecule has 0 unspecified atom stereocenters. The van der Waals surface area contributed by atoms with Crippen molar-refractivity contribution in [3.63, 3.8) is 0 Å². The second-order valence-corrected chi connectivity index (χ2v) is 4.76. The highest BCUT2D eigenvalue weighted by atomic mass is 19.1. The first-order valence-electron chi connectivity index (χ1n) is 6.56. The zero-order valence-corrected chi connectivity index (χ0v) is 11.5. The van der Waals surface area contributed by atoms with E-state index in [4.69, 9.17) is 0 Å². The summed E-state index contributed by atoms with van der Waals surface area (Å²) in [5.41, 5.74) is 2.67. The maximum Gasteiger partial charge on any atom is 0.160 e. The Balaban J connectivity index is 2.08. The SMILES string of the molecule is CC(=O)c1ccc(F)cc1-c1cnn(-c2ccccc2)c1. The van der Waals surface area contributed by atoms with Crippen molar-refractivity contribution in [1.29, 1.82) is 0 Å². The lowest BCUT2D eigenvalue weighted by molar-refractivity contribution is 0.101. The number of para-hydroxylation sites is 1. The van der Waals surface area contributed by atoms with E-state index in [0.717, 1.165) is 5.69 Å². The van der Waals surface area contributed by atoms with Gasteiger partial charge < -0.3 is 0 Å². The molecule has 3 nitrogen and oxygen atoms in total. The molecule has 0 saturated carbocycles. The number of rotatable bonds is 3. The summed E-state index contributed by atoms with van der Waals surface area (Å²) in [5.74, 6) is -0.472. The van der Waals surface area contributed by atoms with Crippen LogP contribution in [0.25, 0.3) is 16.8 Å². The highest BCUT2D eigenvalue weighted by Gasteiger charge is 2.12. The molecule has 104 valence electrons. The van der Waals surface area contributed by atoms with Gasteiger partial charge in [0.2, 0.25) is 0 Å². The lowest BCUT2D eigenvalue weighted by atomic mass is 10.00. The van der Waals surface area contributed by atoms with Gasteiger partial charge in [-0.15, -0.1) is 0 Å². The maximum atomic E-state index is 13.5. The zero-order chi connectivity index (χ0) is 14.8. The van der Waals surface area contributed by atoms with Crippen molar-refractivity contribution in [3.05, 3.63) is 72.3 Å². The molecule has 3 rings (SSSR count). The van der Waals surface area contributed by atoms with E-state index in [1.165, 1.54) is 25.1 Å². The Morgan fingerprint density at radius 3 is 2.62 bits per heavy atom. The Morgan fingerprint density at radius 1 is 1.14 bits per heavy atom. The van der Waals surface area contributed by atoms with E-state index in [2.05, 4.69) is 5.10 Å². The second kappa shape index (κ2) is 5.32. The maximum absolute atomic E-state index is 13.5. The van der Waals surface area contributed by atoms with E-state index in [0.29, 0.717) is 16.7 Å². The van der Waals surface area contributed by atoms with Gasteiger partial charge in [0.25, 0.3) is 0 Å². The van der Waals surface area contributed by atoms with Crippen LogP contribution in [0.4, 0.5) is 4.39 Å². The van der Waals surface area contributed by atoms with Crippen LogP contribution in [0.5, 0.6) is 0 Å². The molecular weight excluding hydrogens is 267 g/mol. The Morgan fingerprint density at radius 2 is 1.90 bits per heavy atom. The summed E-state index contributed by atoms with van der Waals surface area (Å²) in [6, 6.07) is 13.8. The van der Waals surface area contributed by atoms with Gasteiger partial charge in [-0.1, -0.05) is 18.2 Å². The van der Waals surface area contributed by atoms with Crippen molar-refractivity contribution in [2.75, 3.05) is 0 Å². The molecule has 0 saturated heterocycles. The normalized spacial score (nSPS) is 10.6. The Kier molecular flexibility index (Phi) is 3.36. The molecule has 0 aliphatic carbocycles. The van der Waals surface area contributed by atoms with Crippen molar-refractivity contribution >= 4 is 5.78 Å². The van der Waals surface area contributed by atoms with Gasteiger partial charge in [-0.05, 0) is 42.8 Å². The molecule has 0 aliphatic heterocycles. The second-order valence-electron chi connectivity index (χ2n) is 4.76. The number of halogens is 1. The third-order valence-electron chi connectivity index (χ3n) is 3.28. The summed E-state index contributed by atoms with van der Waals surface area (Å²) in [7, 11) is 0. The van der Waals surface area contributed by atoms with Crippen LogP contribution in [-0.2, 0) is 0 Å². The Labute approximate surface area is 121 Å². The molecular formula is C17H13FN2O. The topological polar surface area (TPSA) is 34.9 Å². The molecule has 3 aromatic rings. The molecule has 0 spiro atoms. The van der Waals surface area contributed by atoms with Gasteiger partial charge in [-0.25, -0.2) is 9.07 Å². The molecule has 0 bridgehead atoms. The lowest BCUT2D eigenvalue weighted by Crippen LogP contribution is -1.96. The van der Waals surface area contributed by atoms with Gasteiger partial charge >= 0.3 is 0 Å². The van der Waals surface area contributed by atoms with Crippen LogP contribution in [-0.4, -0.2) is 15.6 Å². The number of carbonyl (C=O) groups is 1. The molecule has 0 aliphatic rings. The van der Waals surface area contributed by atoms with Crippen LogP contribution >= 0.6 is 0 Å². The Bertz CT molecular complexity index is 794. The molecule has 0 radical (unpaired) electrons. The molecule has 4 heteroatoms. The molecule has 0 fully saturated rings. The molecule has 0 N–H and O–H groups in total. The molecule has 1 aromatic heterocycles. The first-order chi connectivity index (χ1) is 10.1. The van der Waals surface area contributed by atoms with Crippen LogP contribution in [0.15, 0.2) is 60.9 Å². The fraction of sp³-hybridized carbons (Fsp3) is 0.0588. The summed E-state index contributed by atoms with van der Waals surface area (Å²) >= 11 is 0. The van der Waals surface area contributed by atoms with Crippen molar-refractivity contribution in [3.8, 4) is 16.8 Å². The third kappa shape index (κ3) is 2.60. The van der Waals surface area contributed by atoms with E-state index in [9.17, 15) is 9.18 Å². The predicted molar refractivity (Wildman–Crippen MR) is 79.0 cm³/mol. The summed E-state index contributed by atoms with van der Waals surface area (Å²) in [5, 5.41) is 4.28. The van der Waals surface area contributed by atoms with Gasteiger partial charge in [-0.3, -0.25) is 4.79 Å². The lowest BCUT2D eigenvalue weighted by Gasteiger charge is -2.05. The average molecular weight is 280 g/mol. The molecule has 2 aromatic carbocycles. The number of aromatic nitrogens is 2. The van der Waals surface area contributed by atoms with Crippen LogP contribution in [0, 0.1) is 5.82 Å². The van der Waals surface area contributed by atoms with Gasteiger partial charge in [0, 0.05) is 17.3 Å². The first kappa shape index (κ1) is 13.2. The minimum Gasteiger partial charge on any atom is -0.294 e. The van der Waals surface area contributed by atoms with E-state index >= 15 is 0 Å². The van der Waals surface area contributed by atoms with E-state index < -0.39 is 0 Å². The van der Waals surface area contributed by atoms with Crippen molar-refractivity contribution < 1.29 is 9.18 Å². The summed E-state index contributed by atoms with van der Waals surface area (Å²) in [4.78, 5) is 11.7. The van der Waals surface area contributed by atoms with E-state index in [1.807, 2.05) is 30.3 Å². The van der Waals surface area contributed by atoms with Gasteiger partial charge in [0.15, 0.2) is 5.78 Å². The fourth-order valence-electron chi connectivity index (χ4n) is 2.25. The number of carbonyl (C=O) groups excluding carboxylic acids is 1. The number of ketones is 1. The van der Waals surface area contributed by atoms with Crippen molar-refractivity contribution in [1.82, 2.24) is 9.78 Å².